The molecule has 0 saturated carbocycles. The van der Waals surface area contributed by atoms with Gasteiger partial charge in [-0.05, 0) is 85.6 Å². The number of carboxylic acid groups (broad SMARTS) is 1. The van der Waals surface area contributed by atoms with E-state index >= 15 is 0 Å². The van der Waals surface area contributed by atoms with Crippen LogP contribution >= 0.6 is 11.6 Å². The molecule has 0 aliphatic rings. The quantitative estimate of drug-likeness (QED) is 0.0614. The summed E-state index contributed by atoms with van der Waals surface area (Å²) in [5.74, 6) is -4.86. The van der Waals surface area contributed by atoms with E-state index in [9.17, 15) is 38.7 Å². The largest absolute Gasteiger partial charge is 0.504 e. The third kappa shape index (κ3) is 11.7. The number of carbonyl (C=O) groups is 7. The van der Waals surface area contributed by atoms with E-state index in [2.05, 4.69) is 10.6 Å². The lowest BCUT2D eigenvalue weighted by molar-refractivity contribution is -0.125. The number of aromatic carboxylic acids is 1. The van der Waals surface area contributed by atoms with Crippen molar-refractivity contribution in [2.45, 2.75) is 51.7 Å². The topological polar surface area (TPSA) is 243 Å². The average Bonchev–Trinajstić information content (AvgIpc) is 3.22. The molecule has 0 heterocycles. The molecule has 1 atom stereocenters. The number of rotatable bonds is 18. The molecule has 15 heteroatoms. The maximum Gasteiger partial charge on any atom is 0.335 e. The molecule has 0 radical (unpaired) electrons. The minimum absolute atomic E-state index is 0.0201. The molecule has 0 bridgehead atoms. The van der Waals surface area contributed by atoms with Crippen LogP contribution in [0.4, 0.5) is 5.69 Å². The highest BCUT2D eigenvalue weighted by molar-refractivity contribution is 6.32. The Morgan fingerprint density at radius 1 is 0.738 bits per heavy atom. The number of nitriles is 1. The van der Waals surface area contributed by atoms with Gasteiger partial charge in [-0.2, -0.15) is 5.26 Å². The number of ether oxygens (including phenoxy) is 1. The fraction of sp³-hybridized carbons (Fsp3) is 0.174. The van der Waals surface area contributed by atoms with Gasteiger partial charge in [-0.1, -0.05) is 54.1 Å². The standard InChI is InChI=1S/C46H39ClN4O10/c1-25(2)61-43-31(15-18-35(42(43)56)39(53)19-26-5-9-30(10-6-26)46(59)60)22-38(52)28-7-3-27(4-8-28)20-40(54)37(23-41(49)55)51-44(57)29-13-16-34(17-14-29)50-45(58)32-11-12-33(24-48)36(47)21-32/h3-18,21,25,37,56H,19-20,22-23H2,1-2H3,(H2,49,55)(H,50,58)(H,51,57)(H,59,60)/t37-/m0/s1. The number of amides is 3. The maximum atomic E-state index is 13.4. The van der Waals surface area contributed by atoms with Gasteiger partial charge in [0.1, 0.15) is 6.07 Å². The normalized spacial score (nSPS) is 11.2. The first kappa shape index (κ1) is 44.5. The second-order valence-corrected chi connectivity index (χ2v) is 14.6. The van der Waals surface area contributed by atoms with E-state index in [-0.39, 0.29) is 69.2 Å². The number of hydrogen-bond donors (Lipinski definition) is 5. The van der Waals surface area contributed by atoms with Gasteiger partial charge >= 0.3 is 5.97 Å². The monoisotopic (exact) mass is 842 g/mol. The molecule has 0 unspecified atom stereocenters. The predicted molar refractivity (Wildman–Crippen MR) is 224 cm³/mol. The predicted octanol–water partition coefficient (Wildman–Crippen LogP) is 6.29. The van der Waals surface area contributed by atoms with E-state index in [1.54, 1.807) is 26.0 Å². The first-order valence-electron chi connectivity index (χ1n) is 18.7. The molecule has 0 aliphatic carbocycles. The number of aromatic hydroxyl groups is 1. The van der Waals surface area contributed by atoms with Crippen molar-refractivity contribution in [2.75, 3.05) is 5.32 Å². The minimum Gasteiger partial charge on any atom is -0.504 e. The highest BCUT2D eigenvalue weighted by atomic mass is 35.5. The van der Waals surface area contributed by atoms with Gasteiger partial charge in [-0.3, -0.25) is 28.8 Å². The molecule has 3 amide bonds. The Kier molecular flexibility index (Phi) is 14.5. The summed E-state index contributed by atoms with van der Waals surface area (Å²) in [5.41, 5.74) is 7.99. The van der Waals surface area contributed by atoms with Crippen molar-refractivity contribution in [3.05, 3.63) is 158 Å². The van der Waals surface area contributed by atoms with Crippen molar-refractivity contribution in [3.8, 4) is 17.6 Å². The molecule has 6 N–H and O–H groups in total. The summed E-state index contributed by atoms with van der Waals surface area (Å²) in [6.45, 7) is 3.45. The van der Waals surface area contributed by atoms with Crippen LogP contribution < -0.4 is 21.1 Å². The summed E-state index contributed by atoms with van der Waals surface area (Å²) in [7, 11) is 0. The van der Waals surface area contributed by atoms with E-state index in [0.29, 0.717) is 22.4 Å². The Bertz CT molecular complexity index is 2560. The number of anilines is 1. The van der Waals surface area contributed by atoms with Gasteiger partial charge in [-0.15, -0.1) is 0 Å². The third-order valence-corrected chi connectivity index (χ3v) is 9.61. The zero-order valence-corrected chi connectivity index (χ0v) is 33.6. The lowest BCUT2D eigenvalue weighted by Gasteiger charge is -2.18. The Hall–Kier alpha value is -7.63. The van der Waals surface area contributed by atoms with Crippen molar-refractivity contribution >= 4 is 58.3 Å². The second kappa shape index (κ2) is 19.9. The molecule has 0 fully saturated rings. The molecule has 5 rings (SSSR count). The van der Waals surface area contributed by atoms with Gasteiger partial charge in [0.15, 0.2) is 28.8 Å². The molecule has 14 nitrogen and oxygen atoms in total. The first-order valence-corrected chi connectivity index (χ1v) is 19.1. The summed E-state index contributed by atoms with van der Waals surface area (Å²) in [6, 6.07) is 25.5. The number of phenols is 1. The third-order valence-electron chi connectivity index (χ3n) is 9.29. The molecule has 0 aromatic heterocycles. The number of carboxylic acids is 1. The van der Waals surface area contributed by atoms with E-state index in [0.717, 1.165) is 0 Å². The highest BCUT2D eigenvalue weighted by Crippen LogP contribution is 2.36. The summed E-state index contributed by atoms with van der Waals surface area (Å²) in [6.07, 6.45) is -1.42. The summed E-state index contributed by atoms with van der Waals surface area (Å²) in [5, 5.41) is 34.7. The lowest BCUT2D eigenvalue weighted by atomic mass is 9.95. The number of carbonyl (C=O) groups excluding carboxylic acids is 6. The molecule has 310 valence electrons. The molecular formula is C46H39ClN4O10. The number of nitrogens with zero attached hydrogens (tertiary/aromatic N) is 1. The van der Waals surface area contributed by atoms with Crippen molar-refractivity contribution in [3.63, 3.8) is 0 Å². The molecule has 0 saturated heterocycles. The van der Waals surface area contributed by atoms with Gasteiger partial charge < -0.3 is 31.3 Å². The highest BCUT2D eigenvalue weighted by Gasteiger charge is 2.25. The molecule has 61 heavy (non-hydrogen) atoms. The van der Waals surface area contributed by atoms with Crippen molar-refractivity contribution < 1.29 is 48.5 Å². The molecule has 0 aliphatic heterocycles. The van der Waals surface area contributed by atoms with Crippen LogP contribution in [0.2, 0.25) is 5.02 Å². The summed E-state index contributed by atoms with van der Waals surface area (Å²) < 4.78 is 5.86. The average molecular weight is 843 g/mol. The van der Waals surface area contributed by atoms with Crippen molar-refractivity contribution in [1.82, 2.24) is 5.32 Å². The van der Waals surface area contributed by atoms with Crippen molar-refractivity contribution in [1.29, 1.82) is 5.26 Å². The van der Waals surface area contributed by atoms with Crippen LogP contribution in [-0.2, 0) is 28.9 Å². The van der Waals surface area contributed by atoms with Gasteiger partial charge in [0, 0.05) is 47.2 Å². The van der Waals surface area contributed by atoms with Crippen LogP contribution in [-0.4, -0.2) is 63.4 Å². The van der Waals surface area contributed by atoms with Crippen molar-refractivity contribution in [2.24, 2.45) is 5.73 Å². The van der Waals surface area contributed by atoms with Gasteiger partial charge in [0.25, 0.3) is 11.8 Å². The number of halogens is 1. The first-order chi connectivity index (χ1) is 29.0. The van der Waals surface area contributed by atoms with E-state index in [1.165, 1.54) is 91.0 Å². The SMILES string of the molecule is CC(C)Oc1c(CC(=O)c2ccc(CC(=O)[C@H](CC(N)=O)NC(=O)c3ccc(NC(=O)c4ccc(C#N)c(Cl)c4)cc3)cc2)ccc(C(=O)Cc2ccc(C(=O)O)cc2)c1O. The zero-order valence-electron chi connectivity index (χ0n) is 32.9. The van der Waals surface area contributed by atoms with Gasteiger partial charge in [0.05, 0.1) is 40.3 Å². The maximum absolute atomic E-state index is 13.4. The molecular weight excluding hydrogens is 804 g/mol. The number of ketones is 3. The van der Waals surface area contributed by atoms with Crippen LogP contribution in [0, 0.1) is 11.3 Å². The minimum atomic E-state index is -1.27. The number of benzene rings is 5. The van der Waals surface area contributed by atoms with Crippen LogP contribution in [0.5, 0.6) is 11.5 Å². The zero-order chi connectivity index (χ0) is 44.4. The fourth-order valence-electron chi connectivity index (χ4n) is 6.14. The van der Waals surface area contributed by atoms with E-state index in [1.807, 2.05) is 6.07 Å². The Balaban J connectivity index is 1.21. The van der Waals surface area contributed by atoms with Gasteiger partial charge in [-0.25, -0.2) is 4.79 Å². The number of Topliss-reactive ketones (excluding diaryl/α,β-unsaturated/α-hetero) is 3. The smallest absolute Gasteiger partial charge is 0.335 e. The molecule has 5 aromatic carbocycles. The number of hydrogen-bond acceptors (Lipinski definition) is 10. The van der Waals surface area contributed by atoms with Crippen LogP contribution in [0.1, 0.15) is 94.3 Å². The fourth-order valence-corrected chi connectivity index (χ4v) is 6.36. The number of phenolic OH excluding ortho intramolecular Hbond substituents is 1. The molecule has 5 aromatic rings. The number of primary amides is 1. The second-order valence-electron chi connectivity index (χ2n) is 14.2. The van der Waals surface area contributed by atoms with Gasteiger partial charge in [0.2, 0.25) is 5.91 Å². The van der Waals surface area contributed by atoms with E-state index in [4.69, 9.17) is 32.4 Å². The Labute approximate surface area is 354 Å². The lowest BCUT2D eigenvalue weighted by Crippen LogP contribution is -2.44. The van der Waals surface area contributed by atoms with E-state index < -0.39 is 59.6 Å². The Morgan fingerprint density at radius 3 is 1.90 bits per heavy atom. The van der Waals surface area contributed by atoms with Crippen LogP contribution in [0.3, 0.4) is 0 Å². The number of nitrogens with two attached hydrogens (primary N) is 1. The Morgan fingerprint density at radius 2 is 1.33 bits per heavy atom. The molecule has 0 spiro atoms. The van der Waals surface area contributed by atoms with Crippen LogP contribution in [0.25, 0.3) is 0 Å². The van der Waals surface area contributed by atoms with Crippen LogP contribution in [0.15, 0.2) is 103 Å². The number of nitrogens with one attached hydrogen (secondary N) is 2. The summed E-state index contributed by atoms with van der Waals surface area (Å²) in [4.78, 5) is 88.9. The summed E-state index contributed by atoms with van der Waals surface area (Å²) >= 11 is 6.03.